The predicted molar refractivity (Wildman–Crippen MR) is 73.7 cm³/mol. The molecule has 1 aromatic heterocycles. The summed E-state index contributed by atoms with van der Waals surface area (Å²) in [6.45, 7) is 2.84. The number of carbonyl (C=O) groups is 1. The molecule has 0 unspecified atom stereocenters. The van der Waals surface area contributed by atoms with Crippen molar-refractivity contribution in [1.29, 1.82) is 0 Å². The van der Waals surface area contributed by atoms with Crippen LogP contribution in [-0.4, -0.2) is 29.7 Å². The third-order valence-electron chi connectivity index (χ3n) is 2.56. The van der Waals surface area contributed by atoms with Crippen molar-refractivity contribution < 1.29 is 4.79 Å². The maximum Gasteiger partial charge on any atom is 0.254 e. The van der Waals surface area contributed by atoms with Crippen LogP contribution in [0.2, 0.25) is 0 Å². The second-order valence-corrected chi connectivity index (χ2v) is 5.48. The smallest absolute Gasteiger partial charge is 0.254 e. The van der Waals surface area contributed by atoms with Gasteiger partial charge in [-0.05, 0) is 30.7 Å². The summed E-state index contributed by atoms with van der Waals surface area (Å²) in [5.41, 5.74) is 1.94. The first-order valence-electron chi connectivity index (χ1n) is 5.51. The van der Waals surface area contributed by atoms with Crippen LogP contribution >= 0.6 is 27.3 Å². The van der Waals surface area contributed by atoms with Crippen LogP contribution in [0.4, 0.5) is 0 Å². The van der Waals surface area contributed by atoms with Crippen molar-refractivity contribution in [2.75, 3.05) is 18.9 Å². The van der Waals surface area contributed by atoms with E-state index < -0.39 is 0 Å². The van der Waals surface area contributed by atoms with E-state index in [2.05, 4.69) is 15.9 Å². The molecule has 1 heterocycles. The van der Waals surface area contributed by atoms with E-state index in [9.17, 15) is 4.79 Å². The first-order valence-corrected chi connectivity index (χ1v) is 7.57. The highest BCUT2D eigenvalue weighted by Gasteiger charge is 2.13. The van der Waals surface area contributed by atoms with Gasteiger partial charge in [0.1, 0.15) is 0 Å². The van der Waals surface area contributed by atoms with E-state index in [0.29, 0.717) is 0 Å². The number of nitrogens with zero attached hydrogens (tertiary/aromatic N) is 1. The number of amides is 1. The van der Waals surface area contributed by atoms with E-state index in [1.165, 1.54) is 12.8 Å². The maximum atomic E-state index is 12.0. The number of hydrogen-bond acceptors (Lipinski definition) is 2. The molecule has 0 bridgehead atoms. The predicted octanol–water partition coefficient (Wildman–Crippen LogP) is 3.69. The lowest BCUT2D eigenvalue weighted by molar-refractivity contribution is 0.0792. The molecule has 0 aliphatic rings. The van der Waals surface area contributed by atoms with E-state index in [1.807, 2.05) is 29.6 Å². The van der Waals surface area contributed by atoms with Gasteiger partial charge in [0.2, 0.25) is 0 Å². The molecule has 0 aromatic carbocycles. The van der Waals surface area contributed by atoms with Gasteiger partial charge in [-0.1, -0.05) is 22.4 Å². The fourth-order valence-corrected chi connectivity index (χ4v) is 2.73. The summed E-state index contributed by atoms with van der Waals surface area (Å²) in [6, 6.07) is 0. The highest BCUT2D eigenvalue weighted by Crippen LogP contribution is 2.15. The highest BCUT2D eigenvalue weighted by molar-refractivity contribution is 9.09. The van der Waals surface area contributed by atoms with Gasteiger partial charge in [0.15, 0.2) is 0 Å². The third-order valence-corrected chi connectivity index (χ3v) is 3.98. The van der Waals surface area contributed by atoms with Crippen LogP contribution in [0.1, 0.15) is 35.2 Å². The van der Waals surface area contributed by atoms with Gasteiger partial charge in [-0.15, -0.1) is 0 Å². The normalized spacial score (nSPS) is 10.4. The van der Waals surface area contributed by atoms with Gasteiger partial charge in [-0.25, -0.2) is 0 Å². The van der Waals surface area contributed by atoms with Gasteiger partial charge in [-0.3, -0.25) is 4.79 Å². The lowest BCUT2D eigenvalue weighted by Gasteiger charge is -2.16. The fraction of sp³-hybridized carbons (Fsp3) is 0.583. The largest absolute Gasteiger partial charge is 0.342 e. The average molecular weight is 304 g/mol. The highest BCUT2D eigenvalue weighted by atomic mass is 79.9. The van der Waals surface area contributed by atoms with Crippen molar-refractivity contribution in [2.24, 2.45) is 0 Å². The van der Waals surface area contributed by atoms with Crippen LogP contribution < -0.4 is 0 Å². The summed E-state index contributed by atoms with van der Waals surface area (Å²) >= 11 is 5.00. The van der Waals surface area contributed by atoms with Crippen molar-refractivity contribution >= 4 is 33.2 Å². The van der Waals surface area contributed by atoms with Crippen LogP contribution in [0.25, 0.3) is 0 Å². The molecule has 0 atom stereocenters. The zero-order chi connectivity index (χ0) is 12.0. The standard InChI is InChI=1S/C12H18BrNOS/c1-10-8-16-9-11(10)12(15)14(2)7-5-3-4-6-13/h8-9H,3-7H2,1-2H3. The molecule has 4 heteroatoms. The number of rotatable bonds is 6. The Morgan fingerprint density at radius 3 is 2.69 bits per heavy atom. The fourth-order valence-electron chi connectivity index (χ4n) is 1.51. The average Bonchev–Trinajstić information content (AvgIpc) is 2.69. The van der Waals surface area contributed by atoms with Crippen LogP contribution in [0.5, 0.6) is 0 Å². The molecule has 2 nitrogen and oxygen atoms in total. The summed E-state index contributed by atoms with van der Waals surface area (Å²) in [5.74, 6) is 0.151. The number of hydrogen-bond donors (Lipinski definition) is 0. The molecule has 0 aliphatic heterocycles. The molecule has 1 rings (SSSR count). The van der Waals surface area contributed by atoms with Gasteiger partial charge in [-0.2, -0.15) is 11.3 Å². The molecule has 1 amide bonds. The lowest BCUT2D eigenvalue weighted by Crippen LogP contribution is -2.27. The quantitative estimate of drug-likeness (QED) is 0.580. The zero-order valence-electron chi connectivity index (χ0n) is 9.83. The minimum Gasteiger partial charge on any atom is -0.342 e. The SMILES string of the molecule is Cc1cscc1C(=O)N(C)CCCCCBr. The molecule has 0 N–H and O–H groups in total. The molecule has 16 heavy (non-hydrogen) atoms. The van der Waals surface area contributed by atoms with Crippen molar-refractivity contribution in [3.05, 3.63) is 21.9 Å². The van der Waals surface area contributed by atoms with E-state index >= 15 is 0 Å². The van der Waals surface area contributed by atoms with Crippen LogP contribution in [-0.2, 0) is 0 Å². The lowest BCUT2D eigenvalue weighted by atomic mass is 10.2. The Kier molecular flexibility index (Phi) is 6.06. The third kappa shape index (κ3) is 3.91. The zero-order valence-corrected chi connectivity index (χ0v) is 12.2. The molecule has 0 fully saturated rings. The van der Waals surface area contributed by atoms with Gasteiger partial charge in [0, 0.05) is 24.3 Å². The molecule has 90 valence electrons. The van der Waals surface area contributed by atoms with Crippen molar-refractivity contribution in [3.8, 4) is 0 Å². The Morgan fingerprint density at radius 1 is 1.38 bits per heavy atom. The summed E-state index contributed by atoms with van der Waals surface area (Å²) in [4.78, 5) is 13.8. The van der Waals surface area contributed by atoms with Gasteiger partial charge in [0.05, 0.1) is 5.56 Å². The summed E-state index contributed by atoms with van der Waals surface area (Å²) < 4.78 is 0. The van der Waals surface area contributed by atoms with Crippen molar-refractivity contribution in [1.82, 2.24) is 4.90 Å². The molecule has 1 aromatic rings. The number of alkyl halides is 1. The topological polar surface area (TPSA) is 20.3 Å². The number of thiophene rings is 1. The van der Waals surface area contributed by atoms with E-state index in [4.69, 9.17) is 0 Å². The molecular weight excluding hydrogens is 286 g/mol. The Balaban J connectivity index is 2.40. The summed E-state index contributed by atoms with van der Waals surface area (Å²) in [6.07, 6.45) is 3.43. The summed E-state index contributed by atoms with van der Waals surface area (Å²) in [5, 5.41) is 5.01. The Hall–Kier alpha value is -0.350. The first kappa shape index (κ1) is 13.7. The Morgan fingerprint density at radius 2 is 2.12 bits per heavy atom. The first-order chi connectivity index (χ1) is 7.66. The second-order valence-electron chi connectivity index (χ2n) is 3.94. The second kappa shape index (κ2) is 7.07. The molecule has 0 saturated carbocycles. The van der Waals surface area contributed by atoms with Crippen LogP contribution in [0.15, 0.2) is 10.8 Å². The summed E-state index contributed by atoms with van der Waals surface area (Å²) in [7, 11) is 1.88. The molecule has 0 spiro atoms. The van der Waals surface area contributed by atoms with Crippen LogP contribution in [0.3, 0.4) is 0 Å². The molecule has 0 saturated heterocycles. The molecule has 0 aliphatic carbocycles. The van der Waals surface area contributed by atoms with Gasteiger partial charge < -0.3 is 4.90 Å². The minimum absolute atomic E-state index is 0.151. The molecule has 0 radical (unpaired) electrons. The minimum atomic E-state index is 0.151. The van der Waals surface area contributed by atoms with Crippen molar-refractivity contribution in [3.63, 3.8) is 0 Å². The Bertz CT molecular complexity index is 338. The Labute approximate surface area is 110 Å². The molecular formula is C12H18BrNOS. The van der Waals surface area contributed by atoms with E-state index in [-0.39, 0.29) is 5.91 Å². The number of halogens is 1. The van der Waals surface area contributed by atoms with E-state index in [0.717, 1.165) is 29.4 Å². The van der Waals surface area contributed by atoms with Gasteiger partial charge >= 0.3 is 0 Å². The maximum absolute atomic E-state index is 12.0. The van der Waals surface area contributed by atoms with Crippen molar-refractivity contribution in [2.45, 2.75) is 26.2 Å². The monoisotopic (exact) mass is 303 g/mol. The number of aryl methyl sites for hydroxylation is 1. The van der Waals surface area contributed by atoms with E-state index in [1.54, 1.807) is 11.3 Å². The van der Waals surface area contributed by atoms with Crippen LogP contribution in [0, 0.1) is 6.92 Å². The number of carbonyl (C=O) groups excluding carboxylic acids is 1. The van der Waals surface area contributed by atoms with Gasteiger partial charge in [0.25, 0.3) is 5.91 Å². The number of unbranched alkanes of at least 4 members (excludes halogenated alkanes) is 2.